The lowest BCUT2D eigenvalue weighted by Crippen LogP contribution is -2.24. The van der Waals surface area contributed by atoms with Gasteiger partial charge in [-0.3, -0.25) is 4.79 Å². The van der Waals surface area contributed by atoms with E-state index < -0.39 is 16.7 Å². The molecule has 70 valence electrons. The summed E-state index contributed by atoms with van der Waals surface area (Å²) in [5.74, 6) is -1.45. The number of carbonyl (C=O) groups is 2. The Bertz CT molecular complexity index is 179. The molecule has 0 N–H and O–H groups in total. The molecule has 0 aromatic carbocycles. The number of hydrogen-bond acceptors (Lipinski definition) is 3. The molecule has 0 bridgehead atoms. The lowest BCUT2D eigenvalue weighted by molar-refractivity contribution is -0.146. The number of alkyl halides is 2. The standard InChI is InChI=1S/C7H10Cl2O3/c1-4(10)3-5(6(8)9)7(11)12-2/h5-6H,3H2,1-2H3. The highest BCUT2D eigenvalue weighted by Crippen LogP contribution is 2.20. The first-order valence-corrected chi connectivity index (χ1v) is 4.21. The van der Waals surface area contributed by atoms with Crippen LogP contribution in [0.25, 0.3) is 0 Å². The molecule has 1 atom stereocenters. The van der Waals surface area contributed by atoms with Crippen molar-refractivity contribution in [3.8, 4) is 0 Å². The Hall–Kier alpha value is -0.280. The van der Waals surface area contributed by atoms with Crippen LogP contribution < -0.4 is 0 Å². The molecular weight excluding hydrogens is 203 g/mol. The second-order valence-corrected chi connectivity index (χ2v) is 3.53. The SMILES string of the molecule is COC(=O)C(CC(C)=O)C(Cl)Cl. The van der Waals surface area contributed by atoms with Gasteiger partial charge in [0, 0.05) is 6.42 Å². The highest BCUT2D eigenvalue weighted by Gasteiger charge is 2.27. The summed E-state index contributed by atoms with van der Waals surface area (Å²) >= 11 is 10.9. The third-order valence-electron chi connectivity index (χ3n) is 1.32. The van der Waals surface area contributed by atoms with Gasteiger partial charge in [-0.15, -0.1) is 23.2 Å². The summed E-state index contributed by atoms with van der Waals surface area (Å²) in [6.45, 7) is 1.37. The maximum absolute atomic E-state index is 10.9. The second-order valence-electron chi connectivity index (χ2n) is 2.37. The molecule has 0 rings (SSSR count). The van der Waals surface area contributed by atoms with E-state index in [1.54, 1.807) is 0 Å². The molecule has 0 saturated carbocycles. The molecular formula is C7H10Cl2O3. The van der Waals surface area contributed by atoms with Crippen molar-refractivity contribution in [3.05, 3.63) is 0 Å². The molecule has 0 aliphatic rings. The predicted octanol–water partition coefficient (Wildman–Crippen LogP) is 1.56. The number of Topliss-reactive ketones (excluding diaryl/α,β-unsaturated/α-hetero) is 1. The number of methoxy groups -OCH3 is 1. The average molecular weight is 213 g/mol. The van der Waals surface area contributed by atoms with Gasteiger partial charge in [0.25, 0.3) is 0 Å². The zero-order valence-electron chi connectivity index (χ0n) is 6.84. The molecule has 3 nitrogen and oxygen atoms in total. The molecule has 0 radical (unpaired) electrons. The lowest BCUT2D eigenvalue weighted by Gasteiger charge is -2.12. The van der Waals surface area contributed by atoms with Crippen molar-refractivity contribution in [2.75, 3.05) is 7.11 Å². The Balaban J connectivity index is 4.23. The van der Waals surface area contributed by atoms with Gasteiger partial charge in [0.2, 0.25) is 0 Å². The molecule has 0 spiro atoms. The fraction of sp³-hybridized carbons (Fsp3) is 0.714. The molecule has 0 heterocycles. The molecule has 0 aliphatic carbocycles. The predicted molar refractivity (Wildman–Crippen MR) is 46.3 cm³/mol. The summed E-state index contributed by atoms with van der Waals surface area (Å²) in [4.78, 5) is 20.7. The smallest absolute Gasteiger partial charge is 0.311 e. The van der Waals surface area contributed by atoms with Gasteiger partial charge in [0.1, 0.15) is 10.6 Å². The fourth-order valence-electron chi connectivity index (χ4n) is 0.736. The van der Waals surface area contributed by atoms with Gasteiger partial charge < -0.3 is 9.53 Å². The van der Waals surface area contributed by atoms with Crippen molar-refractivity contribution in [2.24, 2.45) is 5.92 Å². The van der Waals surface area contributed by atoms with Crippen LogP contribution in [-0.4, -0.2) is 23.7 Å². The van der Waals surface area contributed by atoms with E-state index >= 15 is 0 Å². The highest BCUT2D eigenvalue weighted by molar-refractivity contribution is 6.45. The summed E-state index contributed by atoms with van der Waals surface area (Å²) in [6.07, 6.45) is 0.0182. The number of rotatable bonds is 4. The van der Waals surface area contributed by atoms with Gasteiger partial charge in [-0.1, -0.05) is 0 Å². The minimum Gasteiger partial charge on any atom is -0.469 e. The largest absolute Gasteiger partial charge is 0.469 e. The molecule has 0 aromatic heterocycles. The van der Waals surface area contributed by atoms with Gasteiger partial charge in [-0.05, 0) is 6.92 Å². The molecule has 0 amide bonds. The van der Waals surface area contributed by atoms with Crippen LogP contribution >= 0.6 is 23.2 Å². The Kier molecular flexibility index (Phi) is 5.25. The maximum atomic E-state index is 10.9. The van der Waals surface area contributed by atoms with Crippen molar-refractivity contribution in [1.29, 1.82) is 0 Å². The van der Waals surface area contributed by atoms with E-state index in [0.717, 1.165) is 0 Å². The Morgan fingerprint density at radius 2 is 1.92 bits per heavy atom. The van der Waals surface area contributed by atoms with Crippen molar-refractivity contribution >= 4 is 35.0 Å². The third kappa shape index (κ3) is 3.93. The Morgan fingerprint density at radius 1 is 1.42 bits per heavy atom. The number of ketones is 1. The average Bonchev–Trinajstić information content (AvgIpc) is 1.98. The van der Waals surface area contributed by atoms with Crippen LogP contribution in [0.1, 0.15) is 13.3 Å². The topological polar surface area (TPSA) is 43.4 Å². The molecule has 12 heavy (non-hydrogen) atoms. The minimum atomic E-state index is -0.902. The van der Waals surface area contributed by atoms with Gasteiger partial charge in [-0.25, -0.2) is 0 Å². The molecule has 0 aromatic rings. The van der Waals surface area contributed by atoms with Crippen LogP contribution in [0.3, 0.4) is 0 Å². The van der Waals surface area contributed by atoms with Gasteiger partial charge in [-0.2, -0.15) is 0 Å². The molecule has 5 heteroatoms. The Morgan fingerprint density at radius 3 is 2.17 bits per heavy atom. The maximum Gasteiger partial charge on any atom is 0.311 e. The first kappa shape index (κ1) is 11.7. The van der Waals surface area contributed by atoms with E-state index in [-0.39, 0.29) is 12.2 Å². The minimum absolute atomic E-state index is 0.0182. The van der Waals surface area contributed by atoms with Gasteiger partial charge in [0.15, 0.2) is 0 Å². The number of hydrogen-bond donors (Lipinski definition) is 0. The van der Waals surface area contributed by atoms with Crippen molar-refractivity contribution in [1.82, 2.24) is 0 Å². The molecule has 0 aliphatic heterocycles. The van der Waals surface area contributed by atoms with Gasteiger partial charge in [0.05, 0.1) is 13.0 Å². The van der Waals surface area contributed by atoms with Crippen molar-refractivity contribution < 1.29 is 14.3 Å². The molecule has 0 saturated heterocycles. The number of ether oxygens (including phenoxy) is 1. The van der Waals surface area contributed by atoms with E-state index in [4.69, 9.17) is 23.2 Å². The van der Waals surface area contributed by atoms with Crippen LogP contribution in [0, 0.1) is 5.92 Å². The van der Waals surface area contributed by atoms with Crippen molar-refractivity contribution in [3.63, 3.8) is 0 Å². The van der Waals surface area contributed by atoms with Crippen LogP contribution in [0.4, 0.5) is 0 Å². The summed E-state index contributed by atoms with van der Waals surface area (Å²) in [6, 6.07) is 0. The summed E-state index contributed by atoms with van der Waals surface area (Å²) < 4.78 is 4.41. The normalized spacial score (nSPS) is 12.8. The summed E-state index contributed by atoms with van der Waals surface area (Å²) in [5.41, 5.74) is 0. The number of carbonyl (C=O) groups excluding carboxylic acids is 2. The van der Waals surface area contributed by atoms with E-state index in [2.05, 4.69) is 4.74 Å². The van der Waals surface area contributed by atoms with Gasteiger partial charge >= 0.3 is 5.97 Å². The summed E-state index contributed by atoms with van der Waals surface area (Å²) in [7, 11) is 1.23. The Labute approximate surface area is 81.0 Å². The lowest BCUT2D eigenvalue weighted by atomic mass is 10.1. The first-order valence-electron chi connectivity index (χ1n) is 3.34. The van der Waals surface area contributed by atoms with Crippen LogP contribution in [-0.2, 0) is 14.3 Å². The van der Waals surface area contributed by atoms with E-state index in [9.17, 15) is 9.59 Å². The molecule has 1 unspecified atom stereocenters. The monoisotopic (exact) mass is 212 g/mol. The fourth-order valence-corrected chi connectivity index (χ4v) is 1.12. The second kappa shape index (κ2) is 5.38. The number of esters is 1. The van der Waals surface area contributed by atoms with Crippen LogP contribution in [0.2, 0.25) is 0 Å². The van der Waals surface area contributed by atoms with E-state index in [1.807, 2.05) is 0 Å². The first-order chi connectivity index (χ1) is 5.49. The van der Waals surface area contributed by atoms with E-state index in [1.165, 1.54) is 14.0 Å². The number of halogens is 2. The zero-order valence-corrected chi connectivity index (χ0v) is 8.35. The molecule has 0 fully saturated rings. The quantitative estimate of drug-likeness (QED) is 0.525. The summed E-state index contributed by atoms with van der Waals surface area (Å²) in [5, 5.41) is 0. The highest BCUT2D eigenvalue weighted by atomic mass is 35.5. The zero-order chi connectivity index (χ0) is 9.72. The van der Waals surface area contributed by atoms with Crippen molar-refractivity contribution in [2.45, 2.75) is 18.2 Å². The van der Waals surface area contributed by atoms with Crippen LogP contribution in [0.15, 0.2) is 0 Å². The van der Waals surface area contributed by atoms with E-state index in [0.29, 0.717) is 0 Å². The van der Waals surface area contributed by atoms with Crippen LogP contribution in [0.5, 0.6) is 0 Å². The third-order valence-corrected chi connectivity index (χ3v) is 1.92.